The van der Waals surface area contributed by atoms with Gasteiger partial charge in [0.15, 0.2) is 5.82 Å². The number of primary sulfonamides is 1. The van der Waals surface area contributed by atoms with Crippen LogP contribution < -0.4 is 15.6 Å². The van der Waals surface area contributed by atoms with E-state index in [1.807, 2.05) is 18.2 Å². The molecule has 2 heterocycles. The number of nitrogens with two attached hydrogens (primary N) is 1. The molecule has 0 radical (unpaired) electrons. The molecule has 0 bridgehead atoms. The van der Waals surface area contributed by atoms with Gasteiger partial charge in [-0.3, -0.25) is 4.79 Å². The average Bonchev–Trinajstić information content (AvgIpc) is 2.54. The van der Waals surface area contributed by atoms with Crippen molar-refractivity contribution in [3.8, 4) is 0 Å². The summed E-state index contributed by atoms with van der Waals surface area (Å²) in [5.41, 5.74) is -0.188. The minimum absolute atomic E-state index is 0.0392. The smallest absolute Gasteiger partial charge is 0.272 e. The van der Waals surface area contributed by atoms with Gasteiger partial charge in [-0.1, -0.05) is 18.2 Å². The van der Waals surface area contributed by atoms with E-state index in [9.17, 15) is 13.2 Å². The number of hydrogen-bond donors (Lipinski definition) is 2. The largest absolute Gasteiger partial charge is 0.355 e. The van der Waals surface area contributed by atoms with Crippen molar-refractivity contribution >= 4 is 26.6 Å². The summed E-state index contributed by atoms with van der Waals surface area (Å²) in [6, 6.07) is 7.42. The molecule has 1 saturated heterocycles. The minimum atomic E-state index is -3.39. The van der Waals surface area contributed by atoms with E-state index in [0.29, 0.717) is 17.7 Å². The maximum atomic E-state index is 11.8. The molecule has 3 N–H and O–H groups in total. The molecule has 7 nitrogen and oxygen atoms in total. The van der Waals surface area contributed by atoms with Crippen molar-refractivity contribution in [2.75, 3.05) is 23.7 Å². The van der Waals surface area contributed by atoms with E-state index < -0.39 is 10.0 Å². The molecule has 1 aromatic heterocycles. The lowest BCUT2D eigenvalue weighted by atomic mass is 9.94. The number of aromatic amines is 1. The lowest BCUT2D eigenvalue weighted by Crippen LogP contribution is -2.35. The van der Waals surface area contributed by atoms with E-state index in [4.69, 9.17) is 5.14 Å². The molecule has 0 aliphatic carbocycles. The number of aromatic nitrogens is 2. The van der Waals surface area contributed by atoms with E-state index in [1.165, 1.54) is 0 Å². The Kier molecular flexibility index (Phi) is 4.36. The van der Waals surface area contributed by atoms with Crippen molar-refractivity contribution in [1.82, 2.24) is 10.2 Å². The van der Waals surface area contributed by atoms with Gasteiger partial charge in [0, 0.05) is 18.5 Å². The van der Waals surface area contributed by atoms with E-state index in [1.54, 1.807) is 6.07 Å². The maximum Gasteiger partial charge on any atom is 0.272 e. The quantitative estimate of drug-likeness (QED) is 0.859. The first-order chi connectivity index (χ1) is 10.9. The molecule has 1 fully saturated rings. The molecule has 1 aliphatic rings. The van der Waals surface area contributed by atoms with E-state index >= 15 is 0 Å². The number of nitrogens with one attached hydrogen (secondary N) is 1. The molecule has 0 unspecified atom stereocenters. The third kappa shape index (κ3) is 3.70. The molecular formula is C15H20N4O3S. The summed E-state index contributed by atoms with van der Waals surface area (Å²) in [6.07, 6.45) is 2.39. The van der Waals surface area contributed by atoms with Crippen molar-refractivity contribution in [3.05, 3.63) is 34.6 Å². The van der Waals surface area contributed by atoms with E-state index in [-0.39, 0.29) is 11.3 Å². The number of sulfonamides is 1. The van der Waals surface area contributed by atoms with Crippen LogP contribution in [-0.4, -0.2) is 37.5 Å². The molecule has 0 saturated carbocycles. The monoisotopic (exact) mass is 336 g/mol. The molecule has 23 heavy (non-hydrogen) atoms. The molecule has 1 aromatic carbocycles. The Bertz CT molecular complexity index is 854. The standard InChI is InChI=1S/C15H20N4O3S/c16-23(21,22)10-7-11-5-8-19(9-6-11)14-12-3-1-2-4-13(12)15(20)18-17-14/h1-4,11H,5-10H2,(H,18,20)(H2,16,21,22). The second-order valence-electron chi connectivity index (χ2n) is 6.01. The van der Waals surface area contributed by atoms with Crippen LogP contribution in [0, 0.1) is 5.92 Å². The first kappa shape index (κ1) is 15.9. The molecule has 2 aromatic rings. The average molecular weight is 336 g/mol. The van der Waals surface area contributed by atoms with Crippen LogP contribution in [0.15, 0.2) is 29.1 Å². The van der Waals surface area contributed by atoms with Crippen LogP contribution in [0.5, 0.6) is 0 Å². The van der Waals surface area contributed by atoms with Crippen molar-refractivity contribution in [2.24, 2.45) is 11.1 Å². The number of fused-ring (bicyclic) bond motifs is 1. The summed E-state index contributed by atoms with van der Waals surface area (Å²) in [6.45, 7) is 1.58. The van der Waals surface area contributed by atoms with Gasteiger partial charge in [0.2, 0.25) is 10.0 Å². The summed E-state index contributed by atoms with van der Waals surface area (Å²) < 4.78 is 22.1. The summed E-state index contributed by atoms with van der Waals surface area (Å²) in [5.74, 6) is 1.18. The number of anilines is 1. The van der Waals surface area contributed by atoms with Gasteiger partial charge < -0.3 is 4.90 Å². The third-order valence-electron chi connectivity index (χ3n) is 4.40. The first-order valence-corrected chi connectivity index (χ1v) is 9.38. The lowest BCUT2D eigenvalue weighted by molar-refractivity contribution is 0.393. The van der Waals surface area contributed by atoms with Gasteiger partial charge in [-0.15, -0.1) is 0 Å². The van der Waals surface area contributed by atoms with Crippen LogP contribution in [0.3, 0.4) is 0 Å². The van der Waals surface area contributed by atoms with E-state index in [2.05, 4.69) is 15.1 Å². The summed E-state index contributed by atoms with van der Waals surface area (Å²) in [5, 5.41) is 13.3. The first-order valence-electron chi connectivity index (χ1n) is 7.67. The fraction of sp³-hybridized carbons (Fsp3) is 0.467. The van der Waals surface area contributed by atoms with Crippen LogP contribution in [0.25, 0.3) is 10.8 Å². The fourth-order valence-corrected chi connectivity index (χ4v) is 3.77. The number of H-pyrrole nitrogens is 1. The Hall–Kier alpha value is -1.93. The Morgan fingerprint density at radius 1 is 1.22 bits per heavy atom. The second kappa shape index (κ2) is 6.29. The minimum Gasteiger partial charge on any atom is -0.355 e. The number of benzene rings is 1. The second-order valence-corrected chi connectivity index (χ2v) is 7.74. The normalized spacial score (nSPS) is 16.8. The highest BCUT2D eigenvalue weighted by Gasteiger charge is 2.23. The topological polar surface area (TPSA) is 109 Å². The number of rotatable bonds is 4. The molecule has 8 heteroatoms. The van der Waals surface area contributed by atoms with Crippen molar-refractivity contribution in [1.29, 1.82) is 0 Å². The highest BCUT2D eigenvalue weighted by Crippen LogP contribution is 2.27. The number of nitrogens with zero attached hydrogens (tertiary/aromatic N) is 2. The Balaban J connectivity index is 1.73. The zero-order chi connectivity index (χ0) is 16.4. The summed E-state index contributed by atoms with van der Waals surface area (Å²) >= 11 is 0. The third-order valence-corrected chi connectivity index (χ3v) is 5.21. The van der Waals surface area contributed by atoms with Crippen LogP contribution >= 0.6 is 0 Å². The van der Waals surface area contributed by atoms with Gasteiger partial charge >= 0.3 is 0 Å². The molecule has 3 rings (SSSR count). The van der Waals surface area contributed by atoms with Gasteiger partial charge in [-0.05, 0) is 31.2 Å². The highest BCUT2D eigenvalue weighted by atomic mass is 32.2. The van der Waals surface area contributed by atoms with Crippen LogP contribution in [0.1, 0.15) is 19.3 Å². The fourth-order valence-electron chi connectivity index (χ4n) is 3.11. The van der Waals surface area contributed by atoms with Gasteiger partial charge in [0.25, 0.3) is 5.56 Å². The number of hydrogen-bond acceptors (Lipinski definition) is 5. The van der Waals surface area contributed by atoms with Crippen molar-refractivity contribution < 1.29 is 8.42 Å². The van der Waals surface area contributed by atoms with Crippen LogP contribution in [0.2, 0.25) is 0 Å². The van der Waals surface area contributed by atoms with Crippen molar-refractivity contribution in [3.63, 3.8) is 0 Å². The molecular weight excluding hydrogens is 316 g/mol. The molecule has 0 spiro atoms. The SMILES string of the molecule is NS(=O)(=O)CCC1CCN(c2n[nH]c(=O)c3ccccc23)CC1. The summed E-state index contributed by atoms with van der Waals surface area (Å²) in [4.78, 5) is 14.0. The van der Waals surface area contributed by atoms with Gasteiger partial charge in [-0.2, -0.15) is 5.10 Å². The van der Waals surface area contributed by atoms with Crippen LogP contribution in [0.4, 0.5) is 5.82 Å². The van der Waals surface area contributed by atoms with Gasteiger partial charge in [0.1, 0.15) is 0 Å². The molecule has 0 atom stereocenters. The molecule has 124 valence electrons. The summed E-state index contributed by atoms with van der Waals surface area (Å²) in [7, 11) is -3.39. The Morgan fingerprint density at radius 2 is 1.87 bits per heavy atom. The van der Waals surface area contributed by atoms with Gasteiger partial charge in [-0.25, -0.2) is 18.7 Å². The number of piperidine rings is 1. The zero-order valence-corrected chi connectivity index (χ0v) is 13.6. The highest BCUT2D eigenvalue weighted by molar-refractivity contribution is 7.89. The van der Waals surface area contributed by atoms with Crippen LogP contribution in [-0.2, 0) is 10.0 Å². The predicted molar refractivity (Wildman–Crippen MR) is 89.9 cm³/mol. The Morgan fingerprint density at radius 3 is 2.52 bits per heavy atom. The van der Waals surface area contributed by atoms with Gasteiger partial charge in [0.05, 0.1) is 11.1 Å². The lowest BCUT2D eigenvalue weighted by Gasteiger charge is -2.33. The van der Waals surface area contributed by atoms with E-state index in [0.717, 1.165) is 37.1 Å². The predicted octanol–water partition coefficient (Wildman–Crippen LogP) is 0.818. The van der Waals surface area contributed by atoms with Crippen molar-refractivity contribution in [2.45, 2.75) is 19.3 Å². The maximum absolute atomic E-state index is 11.8. The molecule has 0 amide bonds. The molecule has 1 aliphatic heterocycles. The Labute approximate surface area is 134 Å². The zero-order valence-electron chi connectivity index (χ0n) is 12.7.